The van der Waals surface area contributed by atoms with Gasteiger partial charge in [-0.05, 0) is 32.2 Å². The molecule has 72 valence electrons. The van der Waals surface area contributed by atoms with E-state index in [1.807, 2.05) is 6.92 Å². The maximum Gasteiger partial charge on any atom is 0.132 e. The van der Waals surface area contributed by atoms with E-state index in [1.54, 1.807) is 0 Å². The van der Waals surface area contributed by atoms with Crippen molar-refractivity contribution in [3.63, 3.8) is 0 Å². The van der Waals surface area contributed by atoms with Gasteiger partial charge < -0.3 is 10.8 Å². The Kier molecular flexibility index (Phi) is 5.93. The van der Waals surface area contributed by atoms with Crippen LogP contribution in [0.5, 0.6) is 0 Å². The van der Waals surface area contributed by atoms with E-state index < -0.39 is 6.10 Å². The van der Waals surface area contributed by atoms with Crippen LogP contribution in [-0.4, -0.2) is 23.5 Å². The average molecular weight is 173 g/mol. The van der Waals surface area contributed by atoms with Gasteiger partial charge in [0.25, 0.3) is 0 Å². The van der Waals surface area contributed by atoms with Gasteiger partial charge in [-0.25, -0.2) is 0 Å². The molecule has 0 aliphatic heterocycles. The summed E-state index contributed by atoms with van der Waals surface area (Å²) in [6.45, 7) is 4.10. The summed E-state index contributed by atoms with van der Waals surface area (Å²) in [6.07, 6.45) is 1.58. The number of aliphatic hydroxyl groups excluding tert-OH is 1. The highest BCUT2D eigenvalue weighted by Crippen LogP contribution is 2.13. The van der Waals surface area contributed by atoms with Crippen molar-refractivity contribution in [1.29, 1.82) is 0 Å². The van der Waals surface area contributed by atoms with Crippen molar-refractivity contribution < 1.29 is 9.90 Å². The zero-order valence-corrected chi connectivity index (χ0v) is 7.92. The highest BCUT2D eigenvalue weighted by molar-refractivity contribution is 5.75. The third-order valence-electron chi connectivity index (χ3n) is 2.02. The number of ketones is 1. The molecule has 0 heterocycles. The van der Waals surface area contributed by atoms with Gasteiger partial charge in [0.05, 0.1) is 6.10 Å². The number of carbonyl (C=O) groups is 1. The number of aliphatic hydroxyl groups is 1. The maximum absolute atomic E-state index is 10.6. The quantitative estimate of drug-likeness (QED) is 0.621. The van der Waals surface area contributed by atoms with Crippen molar-refractivity contribution in [3.8, 4) is 0 Å². The monoisotopic (exact) mass is 173 g/mol. The Bertz CT molecular complexity index is 136. The lowest BCUT2D eigenvalue weighted by Gasteiger charge is -2.16. The predicted molar refractivity (Wildman–Crippen MR) is 48.8 cm³/mol. The number of carbonyl (C=O) groups excluding carboxylic acids is 1. The highest BCUT2D eigenvalue weighted by atomic mass is 16.3. The van der Waals surface area contributed by atoms with Crippen LogP contribution in [0.3, 0.4) is 0 Å². The molecular weight excluding hydrogens is 154 g/mol. The topological polar surface area (TPSA) is 63.3 Å². The molecule has 0 aliphatic rings. The number of nitrogens with two attached hydrogens (primary N) is 1. The molecule has 0 saturated heterocycles. The smallest absolute Gasteiger partial charge is 0.132 e. The SMILES string of the molecule is CC(=O)CC(O)C(C)CCCN. The molecule has 0 bridgehead atoms. The van der Waals surface area contributed by atoms with Gasteiger partial charge >= 0.3 is 0 Å². The van der Waals surface area contributed by atoms with E-state index in [1.165, 1.54) is 6.92 Å². The van der Waals surface area contributed by atoms with Crippen LogP contribution in [0.1, 0.15) is 33.1 Å². The molecule has 2 unspecified atom stereocenters. The Morgan fingerprint density at radius 1 is 1.58 bits per heavy atom. The van der Waals surface area contributed by atoms with Crippen molar-refractivity contribution in [2.45, 2.75) is 39.2 Å². The lowest BCUT2D eigenvalue weighted by molar-refractivity contribution is -0.119. The lowest BCUT2D eigenvalue weighted by atomic mass is 9.95. The number of Topliss-reactive ketones (excluding diaryl/α,β-unsaturated/α-hetero) is 1. The molecule has 0 aromatic heterocycles. The summed E-state index contributed by atoms with van der Waals surface area (Å²) in [6, 6.07) is 0. The Balaban J connectivity index is 3.60. The molecule has 12 heavy (non-hydrogen) atoms. The summed E-state index contributed by atoms with van der Waals surface area (Å²) in [5.41, 5.74) is 5.33. The van der Waals surface area contributed by atoms with E-state index in [9.17, 15) is 9.90 Å². The summed E-state index contributed by atoms with van der Waals surface area (Å²) in [4.78, 5) is 10.6. The molecule has 0 amide bonds. The standard InChI is InChI=1S/C9H19NO2/c1-7(4-3-5-10)9(12)6-8(2)11/h7,9,12H,3-6,10H2,1-2H3. The minimum Gasteiger partial charge on any atom is -0.392 e. The van der Waals surface area contributed by atoms with E-state index in [-0.39, 0.29) is 18.1 Å². The molecular formula is C9H19NO2. The number of hydrogen-bond donors (Lipinski definition) is 2. The minimum atomic E-state index is -0.492. The highest BCUT2D eigenvalue weighted by Gasteiger charge is 2.14. The molecule has 0 aromatic carbocycles. The van der Waals surface area contributed by atoms with Gasteiger partial charge in [0, 0.05) is 6.42 Å². The van der Waals surface area contributed by atoms with Gasteiger partial charge in [-0.2, -0.15) is 0 Å². The molecule has 0 rings (SSSR count). The van der Waals surface area contributed by atoms with Gasteiger partial charge in [0.2, 0.25) is 0 Å². The van der Waals surface area contributed by atoms with Crippen molar-refractivity contribution in [1.82, 2.24) is 0 Å². The van der Waals surface area contributed by atoms with Crippen LogP contribution in [0.2, 0.25) is 0 Å². The predicted octanol–water partition coefficient (Wildman–Crippen LogP) is 0.701. The van der Waals surface area contributed by atoms with Crippen molar-refractivity contribution in [2.75, 3.05) is 6.54 Å². The first-order valence-corrected chi connectivity index (χ1v) is 4.45. The van der Waals surface area contributed by atoms with Gasteiger partial charge in [-0.1, -0.05) is 6.92 Å². The first-order chi connectivity index (χ1) is 5.57. The van der Waals surface area contributed by atoms with Crippen LogP contribution in [0.15, 0.2) is 0 Å². The number of hydrogen-bond acceptors (Lipinski definition) is 3. The molecule has 0 saturated carbocycles. The maximum atomic E-state index is 10.6. The zero-order chi connectivity index (χ0) is 9.56. The molecule has 0 aromatic rings. The van der Waals surface area contributed by atoms with E-state index in [0.717, 1.165) is 12.8 Å². The summed E-state index contributed by atoms with van der Waals surface area (Å²) in [5, 5.41) is 9.45. The van der Waals surface area contributed by atoms with Crippen LogP contribution in [0, 0.1) is 5.92 Å². The molecule has 2 atom stereocenters. The minimum absolute atomic E-state index is 0.0436. The van der Waals surface area contributed by atoms with Gasteiger partial charge in [0.1, 0.15) is 5.78 Å². The van der Waals surface area contributed by atoms with Crippen LogP contribution >= 0.6 is 0 Å². The molecule has 0 radical (unpaired) electrons. The molecule has 3 heteroatoms. The molecule has 3 nitrogen and oxygen atoms in total. The Morgan fingerprint density at radius 3 is 2.58 bits per heavy atom. The van der Waals surface area contributed by atoms with Crippen LogP contribution in [-0.2, 0) is 4.79 Å². The Morgan fingerprint density at radius 2 is 2.17 bits per heavy atom. The van der Waals surface area contributed by atoms with Crippen LogP contribution < -0.4 is 5.73 Å². The normalized spacial score (nSPS) is 15.7. The largest absolute Gasteiger partial charge is 0.392 e. The number of rotatable bonds is 6. The van der Waals surface area contributed by atoms with Gasteiger partial charge in [0.15, 0.2) is 0 Å². The summed E-state index contributed by atoms with van der Waals surface area (Å²) in [7, 11) is 0. The van der Waals surface area contributed by atoms with Gasteiger partial charge in [-0.15, -0.1) is 0 Å². The fourth-order valence-electron chi connectivity index (χ4n) is 1.13. The van der Waals surface area contributed by atoms with Crippen LogP contribution in [0.25, 0.3) is 0 Å². The van der Waals surface area contributed by atoms with Crippen molar-refractivity contribution in [2.24, 2.45) is 11.7 Å². The van der Waals surface area contributed by atoms with E-state index in [2.05, 4.69) is 0 Å². The van der Waals surface area contributed by atoms with Crippen molar-refractivity contribution in [3.05, 3.63) is 0 Å². The van der Waals surface area contributed by atoms with Crippen molar-refractivity contribution >= 4 is 5.78 Å². The second kappa shape index (κ2) is 6.14. The second-order valence-corrected chi connectivity index (χ2v) is 3.38. The second-order valence-electron chi connectivity index (χ2n) is 3.38. The Labute approximate surface area is 74.0 Å². The third kappa shape index (κ3) is 5.27. The van der Waals surface area contributed by atoms with E-state index in [0.29, 0.717) is 6.54 Å². The first kappa shape index (κ1) is 11.6. The van der Waals surface area contributed by atoms with E-state index >= 15 is 0 Å². The van der Waals surface area contributed by atoms with Gasteiger partial charge in [-0.3, -0.25) is 4.79 Å². The first-order valence-electron chi connectivity index (χ1n) is 4.45. The third-order valence-corrected chi connectivity index (χ3v) is 2.02. The summed E-state index contributed by atoms with van der Waals surface area (Å²) in [5.74, 6) is 0.222. The molecule has 0 spiro atoms. The van der Waals surface area contributed by atoms with E-state index in [4.69, 9.17) is 5.73 Å². The van der Waals surface area contributed by atoms with Crippen LogP contribution in [0.4, 0.5) is 0 Å². The summed E-state index contributed by atoms with van der Waals surface area (Å²) >= 11 is 0. The molecule has 3 N–H and O–H groups in total. The molecule has 0 fully saturated rings. The average Bonchev–Trinajstić information content (AvgIpc) is 1.98. The fraction of sp³-hybridized carbons (Fsp3) is 0.889. The lowest BCUT2D eigenvalue weighted by Crippen LogP contribution is -2.21. The summed E-state index contributed by atoms with van der Waals surface area (Å²) < 4.78 is 0. The Hall–Kier alpha value is -0.410. The zero-order valence-electron chi connectivity index (χ0n) is 7.92. The molecule has 0 aliphatic carbocycles. The fourth-order valence-corrected chi connectivity index (χ4v) is 1.13.